The van der Waals surface area contributed by atoms with Gasteiger partial charge in [0.05, 0.1) is 10.2 Å². The molecule has 8 rings (SSSR count). The van der Waals surface area contributed by atoms with E-state index in [4.69, 9.17) is 9.98 Å². The maximum Gasteiger partial charge on any atom is 0.132 e. The molecule has 0 aliphatic carbocycles. The van der Waals surface area contributed by atoms with Gasteiger partial charge in [0.1, 0.15) is 23.2 Å². The summed E-state index contributed by atoms with van der Waals surface area (Å²) < 4.78 is 1.21. The highest BCUT2D eigenvalue weighted by atomic mass is 32.1. The lowest BCUT2D eigenvalue weighted by molar-refractivity contribution is 0.152. The molecule has 7 aromatic rings. The second-order valence-electron chi connectivity index (χ2n) is 11.2. The Morgan fingerprint density at radius 1 is 0.614 bits per heavy atom. The van der Waals surface area contributed by atoms with Crippen molar-refractivity contribution in [3.63, 3.8) is 0 Å². The number of fused-ring (bicyclic) bond motifs is 3. The van der Waals surface area contributed by atoms with Crippen molar-refractivity contribution >= 4 is 38.2 Å². The monoisotopic (exact) mass is 586 g/mol. The Morgan fingerprint density at radius 3 is 2.05 bits per heavy atom. The van der Waals surface area contributed by atoms with Crippen molar-refractivity contribution in [1.29, 1.82) is 0 Å². The average Bonchev–Trinajstić information content (AvgIpc) is 3.55. The fourth-order valence-electron chi connectivity index (χ4n) is 6.12. The Hall–Kier alpha value is -5.10. The van der Waals surface area contributed by atoms with Gasteiger partial charge in [-0.2, -0.15) is 0 Å². The summed E-state index contributed by atoms with van der Waals surface area (Å²) in [6, 6.07) is 51.4. The molecule has 1 aliphatic rings. The van der Waals surface area contributed by atoms with Crippen LogP contribution in [0.2, 0.25) is 0 Å². The van der Waals surface area contributed by atoms with E-state index in [9.17, 15) is 0 Å². The Bertz CT molecular complexity index is 2120. The van der Waals surface area contributed by atoms with Crippen molar-refractivity contribution in [2.75, 3.05) is 7.05 Å². The molecule has 2 atom stereocenters. The van der Waals surface area contributed by atoms with Crippen LogP contribution >= 0.6 is 11.3 Å². The largest absolute Gasteiger partial charge is 0.350 e. The highest BCUT2D eigenvalue weighted by molar-refractivity contribution is 7.21. The van der Waals surface area contributed by atoms with Gasteiger partial charge >= 0.3 is 0 Å². The van der Waals surface area contributed by atoms with Gasteiger partial charge in [-0.15, -0.1) is 11.3 Å². The van der Waals surface area contributed by atoms with E-state index in [2.05, 4.69) is 151 Å². The van der Waals surface area contributed by atoms with Crippen molar-refractivity contribution < 1.29 is 0 Å². The first-order chi connectivity index (χ1) is 21.7. The summed E-state index contributed by atoms with van der Waals surface area (Å²) in [4.78, 5) is 12.6. The molecular weight excluding hydrogens is 557 g/mol. The van der Waals surface area contributed by atoms with E-state index in [1.54, 1.807) is 11.3 Å². The van der Waals surface area contributed by atoms with Crippen LogP contribution in [0.1, 0.15) is 29.0 Å². The number of nitrogens with zero attached hydrogens (tertiary/aromatic N) is 3. The fraction of sp³-hybridized carbons (Fsp3) is 0.0769. The minimum absolute atomic E-state index is 0.0143. The minimum atomic E-state index is -0.150. The molecule has 1 aliphatic heterocycles. The van der Waals surface area contributed by atoms with E-state index in [1.165, 1.54) is 32.2 Å². The number of benzene rings is 6. The molecule has 0 amide bonds. The number of aromatic nitrogens is 1. The molecule has 2 unspecified atom stereocenters. The third-order valence-electron chi connectivity index (χ3n) is 8.39. The zero-order valence-corrected chi connectivity index (χ0v) is 25.1. The summed E-state index contributed by atoms with van der Waals surface area (Å²) >= 11 is 1.75. The lowest BCUT2D eigenvalue weighted by Gasteiger charge is -2.39. The molecule has 44 heavy (non-hydrogen) atoms. The van der Waals surface area contributed by atoms with Crippen LogP contribution in [0.25, 0.3) is 42.7 Å². The molecule has 0 saturated carbocycles. The van der Waals surface area contributed by atoms with Crippen LogP contribution < -0.4 is 5.32 Å². The molecule has 0 saturated heterocycles. The average molecular weight is 587 g/mol. The summed E-state index contributed by atoms with van der Waals surface area (Å²) in [5.41, 5.74) is 8.03. The maximum atomic E-state index is 5.25. The van der Waals surface area contributed by atoms with Crippen LogP contribution in [0.5, 0.6) is 0 Å². The van der Waals surface area contributed by atoms with Gasteiger partial charge in [0, 0.05) is 16.5 Å². The maximum absolute atomic E-state index is 5.25. The zero-order valence-electron chi connectivity index (χ0n) is 24.3. The van der Waals surface area contributed by atoms with Crippen molar-refractivity contribution in [2.24, 2.45) is 4.99 Å². The number of hydrogen-bond acceptors (Lipinski definition) is 5. The molecule has 0 radical (unpaired) electrons. The third kappa shape index (κ3) is 4.86. The van der Waals surface area contributed by atoms with Gasteiger partial charge in [-0.3, -0.25) is 4.90 Å². The first kappa shape index (κ1) is 26.5. The summed E-state index contributed by atoms with van der Waals surface area (Å²) in [7, 11) is 2.14. The van der Waals surface area contributed by atoms with E-state index in [0.717, 1.165) is 33.1 Å². The topological polar surface area (TPSA) is 40.5 Å². The number of amidine groups is 1. The molecule has 0 bridgehead atoms. The van der Waals surface area contributed by atoms with Crippen LogP contribution in [0.15, 0.2) is 151 Å². The Balaban J connectivity index is 1.17. The van der Waals surface area contributed by atoms with Gasteiger partial charge in [0.15, 0.2) is 0 Å². The number of rotatable bonds is 5. The SMILES string of the molecule is CN1C(c2cccc(-c3ccc4c(ccc5sc(-c6ccccc6)nc54)c3)c2)N=C(c2ccccc2)NC1c1ccccc1. The molecule has 4 nitrogen and oxygen atoms in total. The summed E-state index contributed by atoms with van der Waals surface area (Å²) in [6.45, 7) is 0. The Kier molecular flexibility index (Phi) is 6.75. The lowest BCUT2D eigenvalue weighted by atomic mass is 9.98. The van der Waals surface area contributed by atoms with Crippen LogP contribution in [0.3, 0.4) is 0 Å². The first-order valence-electron chi connectivity index (χ1n) is 14.9. The van der Waals surface area contributed by atoms with Gasteiger partial charge < -0.3 is 5.32 Å². The quantitative estimate of drug-likeness (QED) is 0.218. The number of nitrogens with one attached hydrogen (secondary N) is 1. The first-order valence-corrected chi connectivity index (χ1v) is 15.7. The highest BCUT2D eigenvalue weighted by Crippen LogP contribution is 2.37. The molecular formula is C39H30N4S. The number of aliphatic imine (C=N–C) groups is 1. The van der Waals surface area contributed by atoms with E-state index < -0.39 is 0 Å². The Morgan fingerprint density at radius 2 is 1.27 bits per heavy atom. The van der Waals surface area contributed by atoms with Crippen molar-refractivity contribution in [2.45, 2.75) is 12.3 Å². The van der Waals surface area contributed by atoms with E-state index in [-0.39, 0.29) is 12.3 Å². The highest BCUT2D eigenvalue weighted by Gasteiger charge is 2.31. The van der Waals surface area contributed by atoms with Gasteiger partial charge in [-0.05, 0) is 52.9 Å². The van der Waals surface area contributed by atoms with Gasteiger partial charge in [0.2, 0.25) is 0 Å². The molecule has 1 N–H and O–H groups in total. The van der Waals surface area contributed by atoms with Crippen LogP contribution in [-0.2, 0) is 0 Å². The molecule has 212 valence electrons. The van der Waals surface area contributed by atoms with Gasteiger partial charge in [0.25, 0.3) is 0 Å². The van der Waals surface area contributed by atoms with E-state index in [0.29, 0.717) is 0 Å². The standard InChI is InChI=1S/C39H30N4S/c1-43-37(27-14-7-3-8-15-27)41-36(26-12-5-2-6-13-26)42-38(43)32-19-11-18-29(25-32)30-20-22-33-31(24-30)21-23-34-35(33)40-39(44-34)28-16-9-4-10-17-28/h2-25,37-38H,1H3,(H,41,42). The molecule has 0 fully saturated rings. The van der Waals surface area contributed by atoms with E-state index in [1.807, 2.05) is 12.1 Å². The van der Waals surface area contributed by atoms with Crippen LogP contribution in [0, 0.1) is 0 Å². The number of thiazole rings is 1. The summed E-state index contributed by atoms with van der Waals surface area (Å²) in [6.07, 6.45) is -0.164. The predicted octanol–water partition coefficient (Wildman–Crippen LogP) is 9.46. The third-order valence-corrected chi connectivity index (χ3v) is 9.46. The second-order valence-corrected chi connectivity index (χ2v) is 12.2. The zero-order chi connectivity index (χ0) is 29.5. The van der Waals surface area contributed by atoms with Gasteiger partial charge in [-0.25, -0.2) is 9.98 Å². The smallest absolute Gasteiger partial charge is 0.132 e. The van der Waals surface area contributed by atoms with Crippen molar-refractivity contribution in [1.82, 2.24) is 15.2 Å². The Labute approximate surface area is 261 Å². The molecule has 0 spiro atoms. The van der Waals surface area contributed by atoms with Crippen molar-refractivity contribution in [3.8, 4) is 21.7 Å². The summed E-state index contributed by atoms with van der Waals surface area (Å²) in [5, 5.41) is 7.13. The number of hydrogen-bond donors (Lipinski definition) is 1. The molecule has 6 aromatic carbocycles. The van der Waals surface area contributed by atoms with Crippen molar-refractivity contribution in [3.05, 3.63) is 162 Å². The molecule has 5 heteroatoms. The normalized spacial score (nSPS) is 17.0. The van der Waals surface area contributed by atoms with Gasteiger partial charge in [-0.1, -0.05) is 127 Å². The second kappa shape index (κ2) is 11.2. The van der Waals surface area contributed by atoms with Crippen LogP contribution in [0.4, 0.5) is 0 Å². The fourth-order valence-corrected chi connectivity index (χ4v) is 7.11. The minimum Gasteiger partial charge on any atom is -0.350 e. The van der Waals surface area contributed by atoms with E-state index >= 15 is 0 Å². The summed E-state index contributed by atoms with van der Waals surface area (Å²) in [5.74, 6) is 0.904. The molecule has 2 heterocycles. The molecule has 1 aromatic heterocycles. The predicted molar refractivity (Wildman–Crippen MR) is 184 cm³/mol. The lowest BCUT2D eigenvalue weighted by Crippen LogP contribution is -2.45. The van der Waals surface area contributed by atoms with Crippen LogP contribution in [-0.4, -0.2) is 22.8 Å².